The van der Waals surface area contributed by atoms with Gasteiger partial charge in [-0.15, -0.1) is 5.11 Å². The second kappa shape index (κ2) is 4.02. The molecule has 0 bridgehead atoms. The molecule has 2 nitrogen and oxygen atoms in total. The minimum atomic E-state index is 0.530. The zero-order valence-corrected chi connectivity index (χ0v) is 6.89. The number of thiocarbonyl (C=S) groups is 1. The summed E-state index contributed by atoms with van der Waals surface area (Å²) in [6, 6.07) is 0. The summed E-state index contributed by atoms with van der Waals surface area (Å²) in [7, 11) is 2.09. The molecule has 0 fully saturated rings. The van der Waals surface area contributed by atoms with E-state index in [1.165, 1.54) is 0 Å². The number of hydrogen-bond acceptors (Lipinski definition) is 2. The van der Waals surface area contributed by atoms with E-state index in [9.17, 15) is 0 Å². The Balaban J connectivity index is 3.30. The van der Waals surface area contributed by atoms with Crippen LogP contribution in [0.4, 0.5) is 0 Å². The molecule has 34 valence electrons. The lowest BCUT2D eigenvalue weighted by molar-refractivity contribution is 1.48. The van der Waals surface area contributed by atoms with Gasteiger partial charge in [-0.1, -0.05) is 0 Å². The molecule has 0 aliphatic carbocycles. The molecule has 1 atom stereocenters. The lowest BCUT2D eigenvalue weighted by atomic mass is 11.5. The van der Waals surface area contributed by atoms with E-state index in [-0.39, 0.29) is 0 Å². The van der Waals surface area contributed by atoms with Gasteiger partial charge in [-0.05, 0) is 34.8 Å². The lowest BCUT2D eigenvalue weighted by Crippen LogP contribution is -1.60. The molecule has 0 radical (unpaired) electrons. The fourth-order valence-electron chi connectivity index (χ4n) is 0.0454. The zero-order valence-electron chi connectivity index (χ0n) is 2.76. The van der Waals surface area contributed by atoms with Crippen molar-refractivity contribution >= 4 is 47.2 Å². The van der Waals surface area contributed by atoms with E-state index in [1.807, 2.05) is 22.6 Å². The molecule has 0 heterocycles. The van der Waals surface area contributed by atoms with Crippen molar-refractivity contribution in [2.75, 3.05) is 0 Å². The maximum absolute atomic E-state index is 4.51. The van der Waals surface area contributed by atoms with Crippen LogP contribution in [-0.2, 0) is 0 Å². The Bertz CT molecular complexity index is 81.6. The van der Waals surface area contributed by atoms with E-state index in [0.29, 0.717) is 3.00 Å². The highest BCUT2D eigenvalue weighted by molar-refractivity contribution is 14.1. The molecule has 0 aliphatic rings. The molecule has 0 amide bonds. The Labute approximate surface area is 57.2 Å². The maximum atomic E-state index is 4.51. The van der Waals surface area contributed by atoms with E-state index in [0.717, 1.165) is 0 Å². The van der Waals surface area contributed by atoms with Crippen molar-refractivity contribution in [3.05, 3.63) is 0 Å². The predicted molar refractivity (Wildman–Crippen MR) is 41.2 cm³/mol. The van der Waals surface area contributed by atoms with Crippen molar-refractivity contribution in [2.24, 2.45) is 10.00 Å². The van der Waals surface area contributed by atoms with Gasteiger partial charge in [0.05, 0.1) is 0 Å². The Morgan fingerprint density at radius 3 is 2.33 bits per heavy atom. The van der Waals surface area contributed by atoms with Crippen LogP contribution in [0.1, 0.15) is 0 Å². The zero-order chi connectivity index (χ0) is 4.99. The summed E-state index contributed by atoms with van der Waals surface area (Å²) in [5.41, 5.74) is 0. The smallest absolute Gasteiger partial charge is 0.171 e. The van der Waals surface area contributed by atoms with Crippen molar-refractivity contribution in [1.82, 2.24) is 0 Å². The first-order chi connectivity index (χ1) is 2.77. The summed E-state index contributed by atoms with van der Waals surface area (Å²) >= 11 is 6.41. The average Bonchev–Trinajstić information content (AvgIpc) is 1.35. The summed E-state index contributed by atoms with van der Waals surface area (Å²) in [5, 5.41) is 3.43. The van der Waals surface area contributed by atoms with Crippen molar-refractivity contribution < 1.29 is 0 Å². The molecule has 0 aromatic carbocycles. The fraction of sp³-hybridized carbons (Fsp3) is 0. The summed E-state index contributed by atoms with van der Waals surface area (Å²) in [5.74, 6) is 0. The average molecular weight is 232 g/mol. The largest absolute Gasteiger partial charge is 0.186 e. The molecule has 0 aromatic rings. The van der Waals surface area contributed by atoms with E-state index in [2.05, 4.69) is 31.6 Å². The molecule has 6 heavy (non-hydrogen) atoms. The minimum absolute atomic E-state index is 0.530. The topological polar surface area (TPSA) is 24.7 Å². The molecule has 0 N–H and O–H groups in total. The van der Waals surface area contributed by atoms with Gasteiger partial charge in [-0.25, -0.2) is 0 Å². The van der Waals surface area contributed by atoms with Gasteiger partial charge in [0.15, 0.2) is 3.00 Å². The van der Waals surface area contributed by atoms with Crippen LogP contribution < -0.4 is 0 Å². The second-order valence-electron chi connectivity index (χ2n) is 0.468. The van der Waals surface area contributed by atoms with Crippen LogP contribution in [0, 0.1) is 0 Å². The monoisotopic (exact) mass is 232 g/mol. The van der Waals surface area contributed by atoms with Crippen molar-refractivity contribution in [1.29, 1.82) is 0 Å². The van der Waals surface area contributed by atoms with E-state index < -0.39 is 0 Å². The van der Waals surface area contributed by atoms with E-state index >= 15 is 0 Å². The van der Waals surface area contributed by atoms with Gasteiger partial charge in [0.25, 0.3) is 0 Å². The van der Waals surface area contributed by atoms with Gasteiger partial charge >= 0.3 is 0 Å². The van der Waals surface area contributed by atoms with Crippen LogP contribution in [0.3, 0.4) is 0 Å². The Kier molecular flexibility index (Phi) is 4.59. The molecule has 0 rings (SSSR count). The summed E-state index contributed by atoms with van der Waals surface area (Å²) in [6.07, 6.45) is 0. The van der Waals surface area contributed by atoms with Crippen LogP contribution in [-0.4, -0.2) is 3.00 Å². The van der Waals surface area contributed by atoms with E-state index in [4.69, 9.17) is 0 Å². The van der Waals surface area contributed by atoms with Crippen LogP contribution in [0.15, 0.2) is 10.00 Å². The number of halogens is 1. The molecule has 0 aromatic heterocycles. The van der Waals surface area contributed by atoms with Gasteiger partial charge in [0, 0.05) is 9.39 Å². The molecule has 5 heteroatoms. The van der Waals surface area contributed by atoms with Gasteiger partial charge in [0.1, 0.15) is 0 Å². The first-order valence-corrected chi connectivity index (χ1v) is 3.08. The highest BCUT2D eigenvalue weighted by Gasteiger charge is 1.73. The van der Waals surface area contributed by atoms with Gasteiger partial charge in [-0.2, -0.15) is 4.88 Å². The third kappa shape index (κ3) is 4.85. The summed E-state index contributed by atoms with van der Waals surface area (Å²) in [6.45, 7) is 0. The molecule has 1 unspecified atom stereocenters. The van der Waals surface area contributed by atoms with Crippen LogP contribution in [0.2, 0.25) is 0 Å². The molecule has 0 saturated heterocycles. The first-order valence-electron chi connectivity index (χ1n) is 1.07. The Morgan fingerprint density at radius 2 is 2.33 bits per heavy atom. The number of nitrogens with zero attached hydrogens (tertiary/aromatic N) is 2. The molecule has 0 saturated carbocycles. The first kappa shape index (κ1) is 6.85. The fourth-order valence-corrected chi connectivity index (χ4v) is 0.651. The van der Waals surface area contributed by atoms with Crippen molar-refractivity contribution in [3.8, 4) is 0 Å². The maximum Gasteiger partial charge on any atom is 0.186 e. The highest BCUT2D eigenvalue weighted by Crippen LogP contribution is 1.94. The Hall–Kier alpha value is 0.850. The number of hydrogen-bond donors (Lipinski definition) is 0. The third-order valence-electron chi connectivity index (χ3n) is 0.136. The molecular formula is CH2IN2PS. The minimum Gasteiger partial charge on any atom is -0.171 e. The van der Waals surface area contributed by atoms with E-state index in [1.54, 1.807) is 0 Å². The lowest BCUT2D eigenvalue weighted by Gasteiger charge is -1.69. The van der Waals surface area contributed by atoms with Crippen LogP contribution >= 0.6 is 44.2 Å². The summed E-state index contributed by atoms with van der Waals surface area (Å²) in [4.78, 5) is 3.33. The van der Waals surface area contributed by atoms with Gasteiger partial charge < -0.3 is 0 Å². The van der Waals surface area contributed by atoms with Crippen LogP contribution in [0.5, 0.6) is 0 Å². The SMILES string of the molecule is PN=NC(=S)I. The predicted octanol–water partition coefficient (Wildman–Crippen LogP) is 1.95. The van der Waals surface area contributed by atoms with Crippen molar-refractivity contribution in [2.45, 2.75) is 0 Å². The third-order valence-corrected chi connectivity index (χ3v) is 0.549. The Morgan fingerprint density at radius 1 is 1.83 bits per heavy atom. The molecule has 0 aliphatic heterocycles. The van der Waals surface area contributed by atoms with Crippen LogP contribution in [0.25, 0.3) is 0 Å². The second-order valence-corrected chi connectivity index (χ2v) is 2.84. The standard InChI is InChI=1S/CH2IN2PS/c2-1(6)3-4-5/h5H2. The quantitative estimate of drug-likeness (QED) is 0.156. The van der Waals surface area contributed by atoms with Gasteiger partial charge in [-0.3, -0.25) is 0 Å². The number of rotatable bonds is 0. The molecular weight excluding hydrogens is 230 g/mol. The summed E-state index contributed by atoms with van der Waals surface area (Å²) < 4.78 is 0.530. The van der Waals surface area contributed by atoms with Gasteiger partial charge in [0.2, 0.25) is 0 Å². The normalized spacial score (nSPS) is 9.67. The van der Waals surface area contributed by atoms with Crippen molar-refractivity contribution in [3.63, 3.8) is 0 Å². The highest BCUT2D eigenvalue weighted by atomic mass is 127. The molecule has 0 spiro atoms.